The smallest absolute Gasteiger partial charge is 0.422 e. The van der Waals surface area contributed by atoms with E-state index in [4.69, 9.17) is 11.5 Å². The zero-order chi connectivity index (χ0) is 19.2. The summed E-state index contributed by atoms with van der Waals surface area (Å²) in [6, 6.07) is 5.77. The highest BCUT2D eigenvalue weighted by Gasteiger charge is 2.28. The van der Waals surface area contributed by atoms with Gasteiger partial charge in [-0.1, -0.05) is 0 Å². The lowest BCUT2D eigenvalue weighted by Crippen LogP contribution is -2.27. The Balaban J connectivity index is 1.96. The molecule has 0 aliphatic carbocycles. The molecule has 0 bridgehead atoms. The van der Waals surface area contributed by atoms with Gasteiger partial charge in [-0.15, -0.1) is 11.3 Å². The average Bonchev–Trinajstić information content (AvgIpc) is 3.12. The number of hydrogen-bond acceptors (Lipinski definition) is 6. The summed E-state index contributed by atoms with van der Waals surface area (Å²) in [6.07, 6.45) is -1.54. The van der Waals surface area contributed by atoms with E-state index < -0.39 is 18.7 Å². The zero-order valence-electron chi connectivity index (χ0n) is 13.3. The monoisotopic (exact) mass is 384 g/mol. The van der Waals surface area contributed by atoms with Crippen molar-refractivity contribution in [3.05, 3.63) is 64.4 Å². The minimum absolute atomic E-state index is 0.0658. The topological polar surface area (TPSA) is 103 Å². The summed E-state index contributed by atoms with van der Waals surface area (Å²) in [7, 11) is 0. The number of hydrogen-bond donors (Lipinski definition) is 3. The Kier molecular flexibility index (Phi) is 6.23. The summed E-state index contributed by atoms with van der Waals surface area (Å²) in [5, 5.41) is 4.03. The van der Waals surface area contributed by atoms with Crippen LogP contribution in [0.1, 0.15) is 16.1 Å². The van der Waals surface area contributed by atoms with Gasteiger partial charge in [-0.05, 0) is 42.0 Å². The third-order valence-corrected chi connectivity index (χ3v) is 3.54. The molecule has 0 aliphatic heterocycles. The van der Waals surface area contributed by atoms with Crippen LogP contribution in [0.3, 0.4) is 0 Å². The van der Waals surface area contributed by atoms with E-state index in [1.165, 1.54) is 53.3 Å². The van der Waals surface area contributed by atoms with E-state index in [-0.39, 0.29) is 17.3 Å². The molecule has 1 aromatic heterocycles. The summed E-state index contributed by atoms with van der Waals surface area (Å²) in [5.41, 5.74) is 14.2. The molecule has 1 aromatic carbocycles. The molecule has 0 saturated heterocycles. The lowest BCUT2D eigenvalue weighted by Gasteiger charge is -2.09. The fourth-order valence-corrected chi connectivity index (χ4v) is 2.28. The highest BCUT2D eigenvalue weighted by molar-refractivity contribution is 7.07. The number of thiazole rings is 1. The molecule has 0 saturated carbocycles. The van der Waals surface area contributed by atoms with E-state index in [1.807, 2.05) is 0 Å². The van der Waals surface area contributed by atoms with Gasteiger partial charge in [0.25, 0.3) is 5.91 Å². The predicted molar refractivity (Wildman–Crippen MR) is 92.0 cm³/mol. The number of alkyl halides is 3. The van der Waals surface area contributed by atoms with Gasteiger partial charge in [0.05, 0.1) is 5.51 Å². The van der Waals surface area contributed by atoms with Crippen LogP contribution >= 0.6 is 11.3 Å². The average molecular weight is 384 g/mol. The predicted octanol–water partition coefficient (Wildman–Crippen LogP) is 2.61. The summed E-state index contributed by atoms with van der Waals surface area (Å²) >= 11 is 1.28. The molecule has 0 radical (unpaired) electrons. The van der Waals surface area contributed by atoms with E-state index in [0.29, 0.717) is 11.3 Å². The highest BCUT2D eigenvalue weighted by Crippen LogP contribution is 2.20. The molecule has 2 rings (SSSR count). The van der Waals surface area contributed by atoms with Crippen molar-refractivity contribution in [3.63, 3.8) is 0 Å². The van der Waals surface area contributed by atoms with Crippen LogP contribution in [0.25, 0.3) is 5.70 Å². The van der Waals surface area contributed by atoms with Crippen molar-refractivity contribution in [3.8, 4) is 5.75 Å². The number of carbonyl (C=O) groups excluding carboxylic acids is 1. The molecular formula is C16H15F3N4O2S. The van der Waals surface area contributed by atoms with E-state index in [9.17, 15) is 18.0 Å². The van der Waals surface area contributed by atoms with Crippen molar-refractivity contribution >= 4 is 22.9 Å². The molecule has 2 aromatic rings. The van der Waals surface area contributed by atoms with Crippen LogP contribution in [0.2, 0.25) is 0 Å². The first-order valence-electron chi connectivity index (χ1n) is 7.17. The van der Waals surface area contributed by atoms with Gasteiger partial charge in [-0.25, -0.2) is 4.98 Å². The van der Waals surface area contributed by atoms with Gasteiger partial charge in [0.1, 0.15) is 17.3 Å². The van der Waals surface area contributed by atoms with Gasteiger partial charge in [0.15, 0.2) is 6.61 Å². The number of carbonyl (C=O) groups is 1. The van der Waals surface area contributed by atoms with Gasteiger partial charge in [-0.3, -0.25) is 4.79 Å². The van der Waals surface area contributed by atoms with Gasteiger partial charge in [0.2, 0.25) is 0 Å². The lowest BCUT2D eigenvalue weighted by atomic mass is 10.1. The van der Waals surface area contributed by atoms with Crippen LogP contribution in [0, 0.1) is 0 Å². The van der Waals surface area contributed by atoms with Gasteiger partial charge < -0.3 is 21.5 Å². The number of nitrogens with one attached hydrogen (secondary N) is 1. The Morgan fingerprint density at radius 1 is 1.23 bits per heavy atom. The number of rotatable bonds is 6. The highest BCUT2D eigenvalue weighted by atomic mass is 32.1. The number of nitrogens with zero attached hydrogens (tertiary/aromatic N) is 1. The quantitative estimate of drug-likeness (QED) is 0.665. The third kappa shape index (κ3) is 6.13. The fraction of sp³-hybridized carbons (Fsp3) is 0.125. The van der Waals surface area contributed by atoms with Crippen molar-refractivity contribution < 1.29 is 22.7 Å². The second kappa shape index (κ2) is 8.39. The van der Waals surface area contributed by atoms with Crippen LogP contribution in [0.15, 0.2) is 53.1 Å². The van der Waals surface area contributed by atoms with Crippen molar-refractivity contribution in [2.24, 2.45) is 11.5 Å². The SMILES string of the molecule is N/C(=C\C=C(/N)NC(=O)c1cscn1)c1ccc(OCC(F)(F)F)cc1. The van der Waals surface area contributed by atoms with Crippen molar-refractivity contribution in [2.75, 3.05) is 6.61 Å². The Morgan fingerprint density at radius 2 is 1.92 bits per heavy atom. The molecule has 1 amide bonds. The standard InChI is InChI=1S/C16H15F3N4O2S/c17-16(18,19)8-25-11-3-1-10(2-4-11)12(20)5-6-14(21)23-15(24)13-7-26-9-22-13/h1-7,9H,8,20-21H2,(H,23,24)/b12-5-,14-6+. The Labute approximate surface area is 151 Å². The molecule has 0 spiro atoms. The summed E-state index contributed by atoms with van der Waals surface area (Å²) < 4.78 is 40.9. The van der Waals surface area contributed by atoms with Gasteiger partial charge in [-0.2, -0.15) is 13.2 Å². The normalized spacial score (nSPS) is 12.7. The Bertz CT molecular complexity index is 800. The Morgan fingerprint density at radius 3 is 2.50 bits per heavy atom. The first-order valence-corrected chi connectivity index (χ1v) is 8.11. The van der Waals surface area contributed by atoms with E-state index >= 15 is 0 Å². The number of benzene rings is 1. The van der Waals surface area contributed by atoms with Crippen LogP contribution in [0.4, 0.5) is 13.2 Å². The maximum absolute atomic E-state index is 12.1. The molecular weight excluding hydrogens is 369 g/mol. The minimum atomic E-state index is -4.40. The first-order chi connectivity index (χ1) is 12.2. The zero-order valence-corrected chi connectivity index (χ0v) is 14.1. The summed E-state index contributed by atoms with van der Waals surface area (Å²) in [6.45, 7) is -1.37. The largest absolute Gasteiger partial charge is 0.484 e. The molecule has 26 heavy (non-hydrogen) atoms. The molecule has 0 atom stereocenters. The van der Waals surface area contributed by atoms with Crippen LogP contribution in [-0.2, 0) is 0 Å². The summed E-state index contributed by atoms with van der Waals surface area (Å²) in [4.78, 5) is 15.6. The van der Waals surface area contributed by atoms with Crippen molar-refractivity contribution in [1.29, 1.82) is 0 Å². The fourth-order valence-electron chi connectivity index (χ4n) is 1.75. The molecule has 0 unspecified atom stereocenters. The number of amides is 1. The number of ether oxygens (including phenoxy) is 1. The van der Waals surface area contributed by atoms with E-state index in [0.717, 1.165) is 0 Å². The van der Waals surface area contributed by atoms with Gasteiger partial charge >= 0.3 is 6.18 Å². The van der Waals surface area contributed by atoms with Crippen LogP contribution in [0.5, 0.6) is 5.75 Å². The summed E-state index contributed by atoms with van der Waals surface area (Å²) in [5.74, 6) is -0.307. The molecule has 5 N–H and O–H groups in total. The number of halogens is 3. The third-order valence-electron chi connectivity index (χ3n) is 2.96. The number of nitrogens with two attached hydrogens (primary N) is 2. The van der Waals surface area contributed by atoms with E-state index in [1.54, 1.807) is 5.38 Å². The molecule has 6 nitrogen and oxygen atoms in total. The second-order valence-corrected chi connectivity index (χ2v) is 5.72. The molecule has 10 heteroatoms. The lowest BCUT2D eigenvalue weighted by molar-refractivity contribution is -0.153. The molecule has 138 valence electrons. The van der Waals surface area contributed by atoms with E-state index in [2.05, 4.69) is 15.0 Å². The van der Waals surface area contributed by atoms with Crippen LogP contribution < -0.4 is 21.5 Å². The number of allylic oxidation sites excluding steroid dienone is 2. The van der Waals surface area contributed by atoms with Crippen LogP contribution in [-0.4, -0.2) is 23.7 Å². The van der Waals surface area contributed by atoms with Crippen molar-refractivity contribution in [2.45, 2.75) is 6.18 Å². The molecule has 0 aliphatic rings. The van der Waals surface area contributed by atoms with Gasteiger partial charge in [0, 0.05) is 11.1 Å². The molecule has 1 heterocycles. The first kappa shape index (κ1) is 19.3. The molecule has 0 fully saturated rings. The van der Waals surface area contributed by atoms with Crippen molar-refractivity contribution in [1.82, 2.24) is 10.3 Å². The maximum Gasteiger partial charge on any atom is 0.422 e. The Hall–Kier alpha value is -3.01. The minimum Gasteiger partial charge on any atom is -0.484 e. The number of aromatic nitrogens is 1. The maximum atomic E-state index is 12.1. The second-order valence-electron chi connectivity index (χ2n) is 5.00.